The first-order chi connectivity index (χ1) is 21.7. The van der Waals surface area contributed by atoms with E-state index in [1.807, 2.05) is 7.05 Å². The first kappa shape index (κ1) is 35.0. The van der Waals surface area contributed by atoms with Crippen molar-refractivity contribution in [2.24, 2.45) is 11.7 Å². The molecule has 14 heteroatoms. The summed E-state index contributed by atoms with van der Waals surface area (Å²) in [6.45, 7) is 1.02. The van der Waals surface area contributed by atoms with Gasteiger partial charge in [0.05, 0.1) is 24.3 Å². The average Bonchev–Trinajstić information content (AvgIpc) is 3.11. The monoisotopic (exact) mass is 688 g/mol. The molecule has 0 saturated carbocycles. The number of piperazine rings is 1. The van der Waals surface area contributed by atoms with Gasteiger partial charge in [-0.25, -0.2) is 12.8 Å². The van der Waals surface area contributed by atoms with Gasteiger partial charge in [-0.3, -0.25) is 4.79 Å². The number of ether oxygens (including phenoxy) is 1. The zero-order chi connectivity index (χ0) is 33.2. The third kappa shape index (κ3) is 8.40. The largest absolute Gasteiger partial charge is 0.391 e. The number of rotatable bonds is 9. The quantitative estimate of drug-likeness (QED) is 0.346. The van der Waals surface area contributed by atoms with Gasteiger partial charge < -0.3 is 20.7 Å². The summed E-state index contributed by atoms with van der Waals surface area (Å²) < 4.78 is 87.9. The van der Waals surface area contributed by atoms with Gasteiger partial charge in [0.25, 0.3) is 0 Å². The van der Waals surface area contributed by atoms with Gasteiger partial charge in [0.15, 0.2) is 0 Å². The Bertz CT molecular complexity index is 1480. The minimum atomic E-state index is -4.40. The number of hydrogen-bond acceptors (Lipinski definition) is 6. The molecule has 3 aliphatic heterocycles. The molecular weight excluding hydrogens is 648 g/mol. The molecule has 0 radical (unpaired) electrons. The molecule has 3 N–H and O–H groups in total. The van der Waals surface area contributed by atoms with E-state index in [9.17, 15) is 26.4 Å². The number of fused-ring (bicyclic) bond motifs is 2. The molecule has 2 bridgehead atoms. The van der Waals surface area contributed by atoms with Crippen molar-refractivity contribution in [1.29, 1.82) is 0 Å². The molecular formula is C32H41ClF4N4O4S. The van der Waals surface area contributed by atoms with Crippen LogP contribution in [0.15, 0.2) is 42.5 Å². The average molecular weight is 689 g/mol. The Kier molecular flexibility index (Phi) is 11.0. The summed E-state index contributed by atoms with van der Waals surface area (Å²) in [6, 6.07) is 9.65. The zero-order valence-corrected chi connectivity index (χ0v) is 27.3. The molecule has 2 aromatic carbocycles. The number of likely N-dealkylation sites (N-methyl/N-ethyl adjacent to an activating group) is 1. The predicted molar refractivity (Wildman–Crippen MR) is 169 cm³/mol. The van der Waals surface area contributed by atoms with Crippen molar-refractivity contribution < 1.29 is 35.5 Å². The lowest BCUT2D eigenvalue weighted by Crippen LogP contribution is -2.57. The minimum absolute atomic E-state index is 0.0646. The Morgan fingerprint density at radius 3 is 2.61 bits per heavy atom. The van der Waals surface area contributed by atoms with E-state index in [0.29, 0.717) is 42.9 Å². The standard InChI is InChI=1S/C32H41ClF4N4O4S/c1-40-18-24(41-19-23(40)4-3-15-46(41,43)44)11-12-26-27(34)5-2-6-28(26)39-31(42)30(38)29(20-7-9-22(33)10-8-20)21-13-14-45-25(16-21)17-32(35,36)37/h2,5-10,21,23-25,29-30H,3-4,11-19,38H2,1H3,(H,39,42)/t21?,23?,24?,25?,29-,30-/m0/s1. The number of sulfonamides is 1. The fourth-order valence-corrected chi connectivity index (χ4v) is 9.21. The lowest BCUT2D eigenvalue weighted by Gasteiger charge is -2.42. The number of alkyl halides is 3. The van der Waals surface area contributed by atoms with Crippen LogP contribution in [-0.4, -0.2) is 86.4 Å². The summed E-state index contributed by atoms with van der Waals surface area (Å²) in [5, 5.41) is 3.24. The van der Waals surface area contributed by atoms with E-state index in [-0.39, 0.29) is 48.5 Å². The van der Waals surface area contributed by atoms with Crippen LogP contribution in [0.1, 0.15) is 55.6 Å². The van der Waals surface area contributed by atoms with Gasteiger partial charge >= 0.3 is 6.18 Å². The minimum Gasteiger partial charge on any atom is -0.378 e. The number of amides is 1. The van der Waals surface area contributed by atoms with Gasteiger partial charge in [-0.15, -0.1) is 0 Å². The van der Waals surface area contributed by atoms with E-state index in [0.717, 1.165) is 6.42 Å². The summed E-state index contributed by atoms with van der Waals surface area (Å²) in [7, 11) is -1.46. The molecule has 3 heterocycles. The Balaban J connectivity index is 1.34. The SMILES string of the molecule is CN1CC(CCc2c(F)cccc2NC(=O)[C@@H](N)[C@@H](c2ccc(Cl)cc2)C2CCOC(CC(F)(F)F)C2)N2CC1CCCS2(=O)=O. The highest BCUT2D eigenvalue weighted by atomic mass is 35.5. The number of anilines is 1. The maximum absolute atomic E-state index is 15.3. The Hall–Kier alpha value is -2.29. The van der Waals surface area contributed by atoms with Gasteiger partial charge in [-0.05, 0) is 81.3 Å². The van der Waals surface area contributed by atoms with E-state index in [1.54, 1.807) is 34.6 Å². The van der Waals surface area contributed by atoms with Gasteiger partial charge in [0.1, 0.15) is 5.82 Å². The van der Waals surface area contributed by atoms with E-state index in [2.05, 4.69) is 10.2 Å². The highest BCUT2D eigenvalue weighted by molar-refractivity contribution is 7.89. The van der Waals surface area contributed by atoms with Crippen LogP contribution in [0.4, 0.5) is 23.2 Å². The molecule has 2 aromatic rings. The summed E-state index contributed by atoms with van der Waals surface area (Å²) >= 11 is 6.10. The summed E-state index contributed by atoms with van der Waals surface area (Å²) in [6.07, 6.45) is -4.16. The van der Waals surface area contributed by atoms with E-state index >= 15 is 4.39 Å². The molecule has 3 fully saturated rings. The van der Waals surface area contributed by atoms with Gasteiger partial charge in [0.2, 0.25) is 15.9 Å². The number of hydrogen-bond donors (Lipinski definition) is 2. The molecule has 1 amide bonds. The number of benzene rings is 2. The van der Waals surface area contributed by atoms with Crippen LogP contribution in [0, 0.1) is 11.7 Å². The Morgan fingerprint density at radius 1 is 1.15 bits per heavy atom. The summed E-state index contributed by atoms with van der Waals surface area (Å²) in [5.41, 5.74) is 7.71. The molecule has 5 rings (SSSR count). The van der Waals surface area contributed by atoms with Crippen molar-refractivity contribution >= 4 is 33.2 Å². The second-order valence-electron chi connectivity index (χ2n) is 12.8. The normalized spacial score (nSPS) is 28.2. The fraction of sp³-hybridized carbons (Fsp3) is 0.594. The van der Waals surface area contributed by atoms with Crippen LogP contribution in [0.25, 0.3) is 0 Å². The van der Waals surface area contributed by atoms with Crippen LogP contribution < -0.4 is 11.1 Å². The maximum atomic E-state index is 15.3. The highest BCUT2D eigenvalue weighted by Gasteiger charge is 2.42. The lowest BCUT2D eigenvalue weighted by molar-refractivity contribution is -0.169. The molecule has 0 aromatic heterocycles. The Labute approximate surface area is 272 Å². The van der Waals surface area contributed by atoms with Crippen LogP contribution in [0.2, 0.25) is 5.02 Å². The predicted octanol–water partition coefficient (Wildman–Crippen LogP) is 5.32. The van der Waals surface area contributed by atoms with Crippen LogP contribution in [-0.2, 0) is 26.0 Å². The number of carbonyl (C=O) groups is 1. The number of nitrogens with one attached hydrogen (secondary N) is 1. The fourth-order valence-electron chi connectivity index (χ4n) is 7.29. The second-order valence-corrected chi connectivity index (χ2v) is 15.2. The lowest BCUT2D eigenvalue weighted by atomic mass is 9.75. The van der Waals surface area contributed by atoms with Crippen molar-refractivity contribution in [2.75, 3.05) is 37.8 Å². The third-order valence-corrected chi connectivity index (χ3v) is 11.9. The molecule has 0 spiro atoms. The van der Waals surface area contributed by atoms with Gasteiger partial charge in [-0.2, -0.15) is 17.5 Å². The molecule has 3 aliphatic rings. The number of carbonyl (C=O) groups excluding carboxylic acids is 1. The van der Waals surface area contributed by atoms with Crippen molar-refractivity contribution in [3.8, 4) is 0 Å². The van der Waals surface area contributed by atoms with Crippen molar-refractivity contribution in [1.82, 2.24) is 9.21 Å². The molecule has 0 aliphatic carbocycles. The molecule has 8 nitrogen and oxygen atoms in total. The number of nitrogens with two attached hydrogens (primary N) is 1. The van der Waals surface area contributed by atoms with Crippen molar-refractivity contribution in [3.05, 3.63) is 64.4 Å². The van der Waals surface area contributed by atoms with Crippen LogP contribution in [0.5, 0.6) is 0 Å². The highest BCUT2D eigenvalue weighted by Crippen LogP contribution is 2.39. The number of halogens is 5. The summed E-state index contributed by atoms with van der Waals surface area (Å²) in [4.78, 5) is 15.9. The van der Waals surface area contributed by atoms with Gasteiger partial charge in [-0.1, -0.05) is 29.8 Å². The molecule has 254 valence electrons. The third-order valence-electron chi connectivity index (χ3n) is 9.64. The second kappa shape index (κ2) is 14.4. The smallest absolute Gasteiger partial charge is 0.378 e. The molecule has 3 saturated heterocycles. The molecule has 46 heavy (non-hydrogen) atoms. The molecule has 7 atom stereocenters. The van der Waals surface area contributed by atoms with Crippen molar-refractivity contribution in [3.63, 3.8) is 0 Å². The first-order valence-electron chi connectivity index (χ1n) is 15.7. The van der Waals surface area contributed by atoms with E-state index < -0.39 is 58.3 Å². The van der Waals surface area contributed by atoms with E-state index in [4.69, 9.17) is 22.1 Å². The van der Waals surface area contributed by atoms with Gasteiger partial charge in [0, 0.05) is 54.0 Å². The topological polar surface area (TPSA) is 105 Å². The first-order valence-corrected chi connectivity index (χ1v) is 17.7. The molecule has 5 unspecified atom stereocenters. The number of nitrogens with zero attached hydrogens (tertiary/aromatic N) is 2. The summed E-state index contributed by atoms with van der Waals surface area (Å²) in [5.74, 6) is -2.11. The van der Waals surface area contributed by atoms with Crippen LogP contribution >= 0.6 is 11.6 Å². The maximum Gasteiger partial charge on any atom is 0.391 e. The van der Waals surface area contributed by atoms with Crippen molar-refractivity contribution in [2.45, 2.75) is 81.3 Å². The van der Waals surface area contributed by atoms with E-state index in [1.165, 1.54) is 12.1 Å². The zero-order valence-electron chi connectivity index (χ0n) is 25.7. The van der Waals surface area contributed by atoms with Crippen LogP contribution in [0.3, 0.4) is 0 Å². The Morgan fingerprint density at radius 2 is 1.89 bits per heavy atom.